The molecule has 0 spiro atoms. The van der Waals surface area contributed by atoms with E-state index in [9.17, 15) is 15.0 Å². The molecule has 2 unspecified atom stereocenters. The quantitative estimate of drug-likeness (QED) is 0.815. The number of carbonyl (C=O) groups is 1. The van der Waals surface area contributed by atoms with Crippen molar-refractivity contribution in [2.24, 2.45) is 0 Å². The highest BCUT2D eigenvalue weighted by Crippen LogP contribution is 2.25. The molecule has 96 valence electrons. The molecule has 1 heterocycles. The minimum Gasteiger partial charge on any atom is -0.469 e. The average Bonchev–Trinajstić information content (AvgIpc) is 2.84. The molecule has 0 fully saturated rings. The molecule has 0 bridgehead atoms. The number of aliphatic hydroxyl groups is 2. The zero-order chi connectivity index (χ0) is 13.1. The Bertz CT molecular complexity index is 554. The van der Waals surface area contributed by atoms with Gasteiger partial charge in [0.2, 0.25) is 0 Å². The van der Waals surface area contributed by atoms with Gasteiger partial charge in [-0.05, 0) is 17.7 Å². The van der Waals surface area contributed by atoms with E-state index in [0.717, 1.165) is 10.2 Å². The summed E-state index contributed by atoms with van der Waals surface area (Å²) in [5, 5.41) is 19.7. The zero-order valence-corrected chi connectivity index (χ0v) is 10.6. The van der Waals surface area contributed by atoms with Gasteiger partial charge >= 0.3 is 5.97 Å². The molecule has 18 heavy (non-hydrogen) atoms. The van der Waals surface area contributed by atoms with Crippen molar-refractivity contribution in [3.63, 3.8) is 0 Å². The minimum absolute atomic E-state index is 0.243. The maximum Gasteiger partial charge on any atom is 0.308 e. The van der Waals surface area contributed by atoms with Crippen LogP contribution in [0.15, 0.2) is 23.7 Å². The first-order valence-electron chi connectivity index (χ1n) is 5.38. The van der Waals surface area contributed by atoms with E-state index in [0.29, 0.717) is 5.56 Å². The van der Waals surface area contributed by atoms with E-state index in [-0.39, 0.29) is 6.42 Å². The Balaban J connectivity index is 2.16. The number of fused-ring (bicyclic) bond motifs is 1. The second kappa shape index (κ2) is 5.43. The molecular formula is C12H13NO4S. The number of ether oxygens (including phenoxy) is 1. The summed E-state index contributed by atoms with van der Waals surface area (Å²) in [7, 11) is 1.24. The van der Waals surface area contributed by atoms with E-state index in [1.54, 1.807) is 17.6 Å². The maximum absolute atomic E-state index is 11.0. The second-order valence-electron chi connectivity index (χ2n) is 3.87. The van der Waals surface area contributed by atoms with Crippen molar-refractivity contribution in [3.05, 3.63) is 29.3 Å². The molecular weight excluding hydrogens is 254 g/mol. The van der Waals surface area contributed by atoms with Gasteiger partial charge in [0.1, 0.15) is 6.10 Å². The van der Waals surface area contributed by atoms with Crippen molar-refractivity contribution in [1.29, 1.82) is 0 Å². The molecule has 0 amide bonds. The van der Waals surface area contributed by atoms with Crippen LogP contribution in [0.4, 0.5) is 0 Å². The van der Waals surface area contributed by atoms with Gasteiger partial charge in [0.15, 0.2) is 0 Å². The lowest BCUT2D eigenvalue weighted by atomic mass is 10.0. The minimum atomic E-state index is -1.19. The summed E-state index contributed by atoms with van der Waals surface area (Å²) in [6, 6.07) is 5.25. The molecule has 5 nitrogen and oxygen atoms in total. The predicted octanol–water partition coefficient (Wildman–Crippen LogP) is 1.25. The molecule has 0 aliphatic rings. The SMILES string of the molecule is COC(=O)CC(O)C(O)c1ccc2scnc2c1. The molecule has 2 N–H and O–H groups in total. The Hall–Kier alpha value is -1.50. The zero-order valence-electron chi connectivity index (χ0n) is 9.74. The highest BCUT2D eigenvalue weighted by Gasteiger charge is 2.22. The van der Waals surface area contributed by atoms with Crippen LogP contribution in [0.2, 0.25) is 0 Å². The first-order valence-corrected chi connectivity index (χ1v) is 6.26. The Kier molecular flexibility index (Phi) is 3.90. The number of thiazole rings is 1. The average molecular weight is 267 g/mol. The molecule has 2 aromatic rings. The summed E-state index contributed by atoms with van der Waals surface area (Å²) < 4.78 is 5.45. The second-order valence-corrected chi connectivity index (χ2v) is 4.76. The van der Waals surface area contributed by atoms with Gasteiger partial charge in [0, 0.05) is 0 Å². The van der Waals surface area contributed by atoms with Gasteiger partial charge in [0.05, 0.1) is 35.4 Å². The number of nitrogens with zero attached hydrogens (tertiary/aromatic N) is 1. The van der Waals surface area contributed by atoms with Gasteiger partial charge in [-0.15, -0.1) is 11.3 Å². The summed E-state index contributed by atoms with van der Waals surface area (Å²) in [5.41, 5.74) is 3.01. The number of carbonyl (C=O) groups excluding carboxylic acids is 1. The lowest BCUT2D eigenvalue weighted by Crippen LogP contribution is -2.22. The van der Waals surface area contributed by atoms with Gasteiger partial charge < -0.3 is 14.9 Å². The Morgan fingerprint density at radius 3 is 3.00 bits per heavy atom. The van der Waals surface area contributed by atoms with E-state index in [1.807, 2.05) is 6.07 Å². The van der Waals surface area contributed by atoms with Crippen molar-refractivity contribution in [2.45, 2.75) is 18.6 Å². The number of benzene rings is 1. The third kappa shape index (κ3) is 2.66. The molecule has 0 aliphatic carbocycles. The van der Waals surface area contributed by atoms with Crippen LogP contribution in [-0.2, 0) is 9.53 Å². The standard InChI is InChI=1S/C12H13NO4S/c1-17-11(15)5-9(14)12(16)7-2-3-10-8(4-7)13-6-18-10/h2-4,6,9,12,14,16H,5H2,1H3. The van der Waals surface area contributed by atoms with Crippen molar-refractivity contribution < 1.29 is 19.7 Å². The molecule has 0 aliphatic heterocycles. The molecule has 0 radical (unpaired) electrons. The monoisotopic (exact) mass is 267 g/mol. The predicted molar refractivity (Wildman–Crippen MR) is 67.2 cm³/mol. The summed E-state index contributed by atoms with van der Waals surface area (Å²) in [5.74, 6) is -0.559. The molecule has 1 aromatic carbocycles. The summed E-state index contributed by atoms with van der Waals surface area (Å²) >= 11 is 1.50. The number of aliphatic hydroxyl groups excluding tert-OH is 2. The topological polar surface area (TPSA) is 79.7 Å². The number of esters is 1. The number of hydrogen-bond acceptors (Lipinski definition) is 6. The van der Waals surface area contributed by atoms with Gasteiger partial charge in [-0.1, -0.05) is 6.07 Å². The maximum atomic E-state index is 11.0. The number of methoxy groups -OCH3 is 1. The molecule has 1 aromatic heterocycles. The fraction of sp³-hybridized carbons (Fsp3) is 0.333. The first kappa shape index (κ1) is 12.9. The van der Waals surface area contributed by atoms with Crippen LogP contribution >= 0.6 is 11.3 Å². The van der Waals surface area contributed by atoms with Crippen LogP contribution in [0, 0.1) is 0 Å². The Labute approximate surface area is 108 Å². The number of aromatic nitrogens is 1. The van der Waals surface area contributed by atoms with Crippen LogP contribution in [0.5, 0.6) is 0 Å². The summed E-state index contributed by atoms with van der Waals surface area (Å²) in [6.45, 7) is 0. The van der Waals surface area contributed by atoms with Crippen LogP contribution in [0.1, 0.15) is 18.1 Å². The number of hydrogen-bond donors (Lipinski definition) is 2. The third-order valence-corrected chi connectivity index (χ3v) is 3.47. The normalized spacial score (nSPS) is 14.4. The van der Waals surface area contributed by atoms with E-state index >= 15 is 0 Å². The van der Waals surface area contributed by atoms with Crippen molar-refractivity contribution in [1.82, 2.24) is 4.98 Å². The first-order chi connectivity index (χ1) is 8.61. The van der Waals surface area contributed by atoms with Crippen molar-refractivity contribution in [3.8, 4) is 0 Å². The molecule has 2 atom stereocenters. The van der Waals surface area contributed by atoms with Crippen molar-refractivity contribution >= 4 is 27.5 Å². The molecule has 0 saturated carbocycles. The van der Waals surface area contributed by atoms with Gasteiger partial charge in [-0.2, -0.15) is 0 Å². The lowest BCUT2D eigenvalue weighted by molar-refractivity contribution is -0.144. The third-order valence-electron chi connectivity index (χ3n) is 2.66. The summed E-state index contributed by atoms with van der Waals surface area (Å²) in [6.07, 6.45) is -2.56. The largest absolute Gasteiger partial charge is 0.469 e. The van der Waals surface area contributed by atoms with Crippen LogP contribution in [0.3, 0.4) is 0 Å². The van der Waals surface area contributed by atoms with Gasteiger partial charge in [-0.25, -0.2) is 4.98 Å². The smallest absolute Gasteiger partial charge is 0.308 e. The van der Waals surface area contributed by atoms with Crippen molar-refractivity contribution in [2.75, 3.05) is 7.11 Å². The van der Waals surface area contributed by atoms with E-state index in [1.165, 1.54) is 18.4 Å². The van der Waals surface area contributed by atoms with Crippen LogP contribution in [-0.4, -0.2) is 34.4 Å². The molecule has 2 rings (SSSR count). The van der Waals surface area contributed by atoms with E-state index < -0.39 is 18.2 Å². The highest BCUT2D eigenvalue weighted by molar-refractivity contribution is 7.16. The fourth-order valence-electron chi connectivity index (χ4n) is 1.65. The molecule has 6 heteroatoms. The Morgan fingerprint density at radius 1 is 1.50 bits per heavy atom. The lowest BCUT2D eigenvalue weighted by Gasteiger charge is -2.17. The van der Waals surface area contributed by atoms with Crippen LogP contribution in [0.25, 0.3) is 10.2 Å². The fourth-order valence-corrected chi connectivity index (χ4v) is 2.31. The van der Waals surface area contributed by atoms with Gasteiger partial charge in [-0.3, -0.25) is 4.79 Å². The highest BCUT2D eigenvalue weighted by atomic mass is 32.1. The Morgan fingerprint density at radius 2 is 2.28 bits per heavy atom. The van der Waals surface area contributed by atoms with Gasteiger partial charge in [0.25, 0.3) is 0 Å². The summed E-state index contributed by atoms with van der Waals surface area (Å²) in [4.78, 5) is 15.2. The van der Waals surface area contributed by atoms with E-state index in [4.69, 9.17) is 0 Å². The molecule has 0 saturated heterocycles. The van der Waals surface area contributed by atoms with E-state index in [2.05, 4.69) is 9.72 Å². The number of rotatable bonds is 4. The van der Waals surface area contributed by atoms with Crippen LogP contribution < -0.4 is 0 Å².